The first-order valence-electron chi connectivity index (χ1n) is 8.56. The molecule has 3 rings (SSSR count). The van der Waals surface area contributed by atoms with Crippen LogP contribution in [0.3, 0.4) is 0 Å². The number of nitrogens with zero attached hydrogens (tertiary/aromatic N) is 1. The summed E-state index contributed by atoms with van der Waals surface area (Å²) >= 11 is 1.76. The van der Waals surface area contributed by atoms with Gasteiger partial charge in [-0.25, -0.2) is 0 Å². The van der Waals surface area contributed by atoms with Gasteiger partial charge in [-0.15, -0.1) is 11.3 Å². The molecule has 2 heterocycles. The highest BCUT2D eigenvalue weighted by molar-refractivity contribution is 7.10. The molecule has 1 aliphatic rings. The minimum Gasteiger partial charge on any atom is -0.494 e. The van der Waals surface area contributed by atoms with Crippen LogP contribution in [0.2, 0.25) is 0 Å². The van der Waals surface area contributed by atoms with Crippen LogP contribution in [0.4, 0.5) is 0 Å². The van der Waals surface area contributed by atoms with Gasteiger partial charge in [-0.05, 0) is 68.6 Å². The van der Waals surface area contributed by atoms with E-state index in [0.29, 0.717) is 18.7 Å². The van der Waals surface area contributed by atoms with E-state index < -0.39 is 0 Å². The number of hydrogen-bond acceptors (Lipinski definition) is 4. The van der Waals surface area contributed by atoms with E-state index in [1.165, 1.54) is 17.7 Å². The molecule has 0 saturated carbocycles. The first kappa shape index (κ1) is 17.0. The number of likely N-dealkylation sites (tertiary alicyclic amines) is 1. The maximum absolute atomic E-state index is 12.4. The van der Waals surface area contributed by atoms with Crippen molar-refractivity contribution in [3.8, 4) is 5.75 Å². The molecule has 1 saturated heterocycles. The summed E-state index contributed by atoms with van der Waals surface area (Å²) in [7, 11) is 0. The number of nitrogens with one attached hydrogen (secondary N) is 1. The van der Waals surface area contributed by atoms with Crippen LogP contribution in [-0.4, -0.2) is 37.0 Å². The van der Waals surface area contributed by atoms with Gasteiger partial charge in [-0.3, -0.25) is 9.69 Å². The molecule has 5 heteroatoms. The van der Waals surface area contributed by atoms with Crippen LogP contribution < -0.4 is 10.1 Å². The molecule has 0 spiro atoms. The monoisotopic (exact) mass is 344 g/mol. The van der Waals surface area contributed by atoms with Crippen molar-refractivity contribution in [2.75, 3.05) is 26.2 Å². The van der Waals surface area contributed by atoms with Gasteiger partial charge in [-0.2, -0.15) is 0 Å². The van der Waals surface area contributed by atoms with Crippen LogP contribution >= 0.6 is 11.3 Å². The number of thiophene rings is 1. The first-order valence-corrected chi connectivity index (χ1v) is 9.44. The summed E-state index contributed by atoms with van der Waals surface area (Å²) in [5.41, 5.74) is 0.671. The number of carbonyl (C=O) groups excluding carboxylic acids is 1. The fourth-order valence-electron chi connectivity index (χ4n) is 3.10. The number of rotatable bonds is 7. The maximum Gasteiger partial charge on any atom is 0.251 e. The minimum absolute atomic E-state index is 0.0289. The smallest absolute Gasteiger partial charge is 0.251 e. The Morgan fingerprint density at radius 2 is 2.00 bits per heavy atom. The molecule has 2 aromatic rings. The molecule has 0 aliphatic carbocycles. The lowest BCUT2D eigenvalue weighted by Gasteiger charge is -2.26. The van der Waals surface area contributed by atoms with Crippen molar-refractivity contribution in [1.82, 2.24) is 10.2 Å². The number of hydrogen-bond donors (Lipinski definition) is 1. The molecule has 1 aromatic carbocycles. The Labute approximate surface area is 147 Å². The molecular formula is C19H24N2O2S. The second-order valence-corrected chi connectivity index (χ2v) is 6.92. The van der Waals surface area contributed by atoms with Crippen LogP contribution in [0.15, 0.2) is 41.8 Å². The topological polar surface area (TPSA) is 41.6 Å². The molecule has 1 fully saturated rings. The molecule has 1 aliphatic heterocycles. The lowest BCUT2D eigenvalue weighted by molar-refractivity contribution is 0.0938. The standard InChI is InChI=1S/C19H24N2O2S/c1-2-23-16-9-7-15(8-10-16)19(22)20-14-17(18-6-5-13-24-18)21-11-3-4-12-21/h5-10,13,17H,2-4,11-12,14H2,1H3,(H,20,22). The average molecular weight is 344 g/mol. The highest BCUT2D eigenvalue weighted by Crippen LogP contribution is 2.27. The zero-order valence-electron chi connectivity index (χ0n) is 14.0. The van der Waals surface area contributed by atoms with E-state index in [9.17, 15) is 4.79 Å². The van der Waals surface area contributed by atoms with Crippen LogP contribution in [0, 0.1) is 0 Å². The van der Waals surface area contributed by atoms with E-state index in [1.807, 2.05) is 31.2 Å². The molecule has 0 radical (unpaired) electrons. The highest BCUT2D eigenvalue weighted by atomic mass is 32.1. The quantitative estimate of drug-likeness (QED) is 0.832. The van der Waals surface area contributed by atoms with Crippen molar-refractivity contribution in [3.63, 3.8) is 0 Å². The summed E-state index contributed by atoms with van der Waals surface area (Å²) in [6, 6.07) is 11.8. The Morgan fingerprint density at radius 3 is 2.62 bits per heavy atom. The van der Waals surface area contributed by atoms with Crippen molar-refractivity contribution in [2.45, 2.75) is 25.8 Å². The number of ether oxygens (including phenoxy) is 1. The third kappa shape index (κ3) is 4.16. The van der Waals surface area contributed by atoms with Gasteiger partial charge in [0.25, 0.3) is 5.91 Å². The van der Waals surface area contributed by atoms with Crippen LogP contribution in [0.1, 0.15) is 41.0 Å². The Morgan fingerprint density at radius 1 is 1.25 bits per heavy atom. The minimum atomic E-state index is -0.0289. The second kappa shape index (κ2) is 8.31. The lowest BCUT2D eigenvalue weighted by atomic mass is 10.1. The van der Waals surface area contributed by atoms with Gasteiger partial charge in [0.2, 0.25) is 0 Å². The molecule has 1 unspecified atom stereocenters. The highest BCUT2D eigenvalue weighted by Gasteiger charge is 2.24. The number of amides is 1. The van der Waals surface area contributed by atoms with Gasteiger partial charge >= 0.3 is 0 Å². The van der Waals surface area contributed by atoms with Crippen molar-refractivity contribution >= 4 is 17.2 Å². The second-order valence-electron chi connectivity index (χ2n) is 5.94. The zero-order chi connectivity index (χ0) is 16.8. The third-order valence-electron chi connectivity index (χ3n) is 4.34. The van der Waals surface area contributed by atoms with Crippen LogP contribution in [0.25, 0.3) is 0 Å². The van der Waals surface area contributed by atoms with Gasteiger partial charge in [0.15, 0.2) is 0 Å². The Hall–Kier alpha value is -1.85. The Bertz CT molecular complexity index is 634. The molecule has 128 valence electrons. The van der Waals surface area contributed by atoms with Crippen molar-refractivity contribution in [3.05, 3.63) is 52.2 Å². The van der Waals surface area contributed by atoms with Crippen molar-refractivity contribution in [2.24, 2.45) is 0 Å². The third-order valence-corrected chi connectivity index (χ3v) is 5.31. The van der Waals surface area contributed by atoms with Crippen molar-refractivity contribution < 1.29 is 9.53 Å². The van der Waals surface area contributed by atoms with Gasteiger partial charge < -0.3 is 10.1 Å². The summed E-state index contributed by atoms with van der Waals surface area (Å²) in [5.74, 6) is 0.765. The fourth-order valence-corrected chi connectivity index (χ4v) is 3.97. The lowest BCUT2D eigenvalue weighted by Crippen LogP contribution is -2.36. The summed E-state index contributed by atoms with van der Waals surface area (Å²) in [5, 5.41) is 5.20. The zero-order valence-corrected chi connectivity index (χ0v) is 14.8. The molecule has 1 N–H and O–H groups in total. The molecule has 24 heavy (non-hydrogen) atoms. The SMILES string of the molecule is CCOc1ccc(C(=O)NCC(c2cccs2)N2CCCC2)cc1. The fraction of sp³-hybridized carbons (Fsp3) is 0.421. The summed E-state index contributed by atoms with van der Waals surface area (Å²) in [4.78, 5) is 16.2. The predicted octanol–water partition coefficient (Wildman–Crippen LogP) is 3.71. The van der Waals surface area contributed by atoms with E-state index in [4.69, 9.17) is 4.74 Å². The maximum atomic E-state index is 12.4. The Balaban J connectivity index is 1.62. The largest absolute Gasteiger partial charge is 0.494 e. The predicted molar refractivity (Wildman–Crippen MR) is 97.8 cm³/mol. The molecule has 1 aromatic heterocycles. The van der Waals surface area contributed by atoms with Gasteiger partial charge in [-0.1, -0.05) is 6.07 Å². The molecule has 0 bridgehead atoms. The number of carbonyl (C=O) groups is 1. The molecule has 4 nitrogen and oxygen atoms in total. The molecular weight excluding hydrogens is 320 g/mol. The van der Waals surface area contributed by atoms with Gasteiger partial charge in [0, 0.05) is 17.0 Å². The normalized spacial score (nSPS) is 16.0. The average Bonchev–Trinajstić information content (AvgIpc) is 3.30. The molecule has 1 atom stereocenters. The van der Waals surface area contributed by atoms with Crippen LogP contribution in [-0.2, 0) is 0 Å². The molecule has 1 amide bonds. The van der Waals surface area contributed by atoms with E-state index in [1.54, 1.807) is 11.3 Å². The van der Waals surface area contributed by atoms with Gasteiger partial charge in [0.1, 0.15) is 5.75 Å². The first-order chi connectivity index (χ1) is 11.8. The van der Waals surface area contributed by atoms with E-state index in [0.717, 1.165) is 18.8 Å². The van der Waals surface area contributed by atoms with E-state index >= 15 is 0 Å². The van der Waals surface area contributed by atoms with Crippen LogP contribution in [0.5, 0.6) is 5.75 Å². The number of benzene rings is 1. The summed E-state index contributed by atoms with van der Waals surface area (Å²) in [6.45, 7) is 5.45. The van der Waals surface area contributed by atoms with E-state index in [-0.39, 0.29) is 11.9 Å². The van der Waals surface area contributed by atoms with Gasteiger partial charge in [0.05, 0.1) is 12.6 Å². The van der Waals surface area contributed by atoms with E-state index in [2.05, 4.69) is 27.7 Å². The summed E-state index contributed by atoms with van der Waals surface area (Å²) < 4.78 is 5.42. The Kier molecular flexibility index (Phi) is 5.88. The summed E-state index contributed by atoms with van der Waals surface area (Å²) in [6.07, 6.45) is 2.49. The van der Waals surface area contributed by atoms with Crippen molar-refractivity contribution in [1.29, 1.82) is 0 Å².